The zero-order chi connectivity index (χ0) is 11.6. The summed E-state index contributed by atoms with van der Waals surface area (Å²) < 4.78 is 2.10. The highest BCUT2D eigenvalue weighted by molar-refractivity contribution is 8.00. The second kappa shape index (κ2) is 4.80. The number of nitrogens with zero attached hydrogens (tertiary/aromatic N) is 2. The Morgan fingerprint density at radius 3 is 3.19 bits per heavy atom. The van der Waals surface area contributed by atoms with Crippen molar-refractivity contribution in [2.45, 2.75) is 50.5 Å². The minimum absolute atomic E-state index is 0.235. The first-order chi connectivity index (χ1) is 7.68. The Kier molecular flexibility index (Phi) is 3.60. The molecule has 0 aliphatic carbocycles. The van der Waals surface area contributed by atoms with Gasteiger partial charge >= 0.3 is 0 Å². The first-order valence-corrected chi connectivity index (χ1v) is 7.09. The van der Waals surface area contributed by atoms with Crippen LogP contribution in [0.5, 0.6) is 0 Å². The van der Waals surface area contributed by atoms with Crippen molar-refractivity contribution in [3.63, 3.8) is 0 Å². The van der Waals surface area contributed by atoms with Crippen LogP contribution in [0.1, 0.15) is 38.9 Å². The lowest BCUT2D eigenvalue weighted by atomic mass is 9.92. The first-order valence-electron chi connectivity index (χ1n) is 6.04. The molecule has 1 aromatic rings. The second-order valence-corrected chi connectivity index (χ2v) is 5.93. The van der Waals surface area contributed by atoms with E-state index in [0.29, 0.717) is 0 Å². The third-order valence-electron chi connectivity index (χ3n) is 3.31. The monoisotopic (exact) mass is 240 g/mol. The number of hydrogen-bond donors (Lipinski definition) is 1. The van der Waals surface area contributed by atoms with Crippen LogP contribution in [0.25, 0.3) is 0 Å². The summed E-state index contributed by atoms with van der Waals surface area (Å²) in [4.78, 5) is 4.38. The van der Waals surface area contributed by atoms with Crippen molar-refractivity contribution >= 4 is 11.8 Å². The first kappa shape index (κ1) is 12.0. The fourth-order valence-corrected chi connectivity index (χ4v) is 3.51. The lowest BCUT2D eigenvalue weighted by Crippen LogP contribution is -2.41. The van der Waals surface area contributed by atoms with Gasteiger partial charge in [-0.1, -0.05) is 13.8 Å². The maximum Gasteiger partial charge on any atom is 0.141 e. The SMILES string of the molecule is CCCn1ccnc1C1(O)CCCSC1C. The fraction of sp³-hybridized carbons (Fsp3) is 0.750. The smallest absolute Gasteiger partial charge is 0.141 e. The van der Waals surface area contributed by atoms with Gasteiger partial charge in [-0.15, -0.1) is 0 Å². The Morgan fingerprint density at radius 1 is 1.69 bits per heavy atom. The molecule has 1 aromatic heterocycles. The van der Waals surface area contributed by atoms with Gasteiger partial charge < -0.3 is 9.67 Å². The van der Waals surface area contributed by atoms with Gasteiger partial charge in [-0.2, -0.15) is 11.8 Å². The zero-order valence-corrected chi connectivity index (χ0v) is 10.8. The molecular weight excluding hydrogens is 220 g/mol. The molecule has 1 aliphatic rings. The molecule has 4 heteroatoms. The number of aliphatic hydroxyl groups is 1. The molecule has 0 amide bonds. The van der Waals surface area contributed by atoms with E-state index in [9.17, 15) is 5.11 Å². The molecule has 1 N–H and O–H groups in total. The van der Waals surface area contributed by atoms with E-state index >= 15 is 0 Å². The topological polar surface area (TPSA) is 38.0 Å². The quantitative estimate of drug-likeness (QED) is 0.881. The summed E-state index contributed by atoms with van der Waals surface area (Å²) in [6.07, 6.45) is 6.76. The molecule has 90 valence electrons. The third kappa shape index (κ3) is 2.00. The van der Waals surface area contributed by atoms with E-state index in [0.717, 1.165) is 37.4 Å². The van der Waals surface area contributed by atoms with E-state index in [1.165, 1.54) is 0 Å². The van der Waals surface area contributed by atoms with Crippen molar-refractivity contribution in [2.75, 3.05) is 5.75 Å². The van der Waals surface area contributed by atoms with Gasteiger partial charge in [-0.3, -0.25) is 0 Å². The van der Waals surface area contributed by atoms with E-state index in [4.69, 9.17) is 0 Å². The summed E-state index contributed by atoms with van der Waals surface area (Å²) in [6, 6.07) is 0. The summed E-state index contributed by atoms with van der Waals surface area (Å²) >= 11 is 1.85. The molecule has 1 saturated heterocycles. The highest BCUT2D eigenvalue weighted by Crippen LogP contribution is 2.40. The van der Waals surface area contributed by atoms with Crippen LogP contribution in [0.3, 0.4) is 0 Å². The molecule has 0 aromatic carbocycles. The normalized spacial score (nSPS) is 30.6. The molecule has 0 radical (unpaired) electrons. The number of aromatic nitrogens is 2. The molecule has 3 nitrogen and oxygen atoms in total. The molecule has 2 atom stereocenters. The van der Waals surface area contributed by atoms with Crippen molar-refractivity contribution < 1.29 is 5.11 Å². The Morgan fingerprint density at radius 2 is 2.50 bits per heavy atom. The molecule has 0 spiro atoms. The Balaban J connectivity index is 2.29. The minimum Gasteiger partial charge on any atom is -0.381 e. The second-order valence-electron chi connectivity index (χ2n) is 4.49. The predicted molar refractivity (Wildman–Crippen MR) is 67.6 cm³/mol. The lowest BCUT2D eigenvalue weighted by Gasteiger charge is -2.37. The largest absolute Gasteiger partial charge is 0.381 e. The summed E-state index contributed by atoms with van der Waals surface area (Å²) in [5.74, 6) is 2.01. The van der Waals surface area contributed by atoms with Crippen LogP contribution in [0.15, 0.2) is 12.4 Å². The molecule has 1 fully saturated rings. The summed E-state index contributed by atoms with van der Waals surface area (Å²) in [7, 11) is 0. The van der Waals surface area contributed by atoms with E-state index < -0.39 is 5.60 Å². The van der Waals surface area contributed by atoms with Crippen LogP contribution in [0, 0.1) is 0 Å². The minimum atomic E-state index is -0.735. The van der Waals surface area contributed by atoms with Crippen molar-refractivity contribution in [1.82, 2.24) is 9.55 Å². The summed E-state index contributed by atoms with van der Waals surface area (Å²) in [6.45, 7) is 5.19. The van der Waals surface area contributed by atoms with Crippen molar-refractivity contribution in [1.29, 1.82) is 0 Å². The number of rotatable bonds is 3. The average molecular weight is 240 g/mol. The van der Waals surface area contributed by atoms with Crippen molar-refractivity contribution in [2.24, 2.45) is 0 Å². The standard InChI is InChI=1S/C12H20N2OS/c1-3-7-14-8-6-13-11(14)12(15)5-4-9-16-10(12)2/h6,8,10,15H,3-5,7,9H2,1-2H3. The maximum absolute atomic E-state index is 10.8. The van der Waals surface area contributed by atoms with Crippen LogP contribution >= 0.6 is 11.8 Å². The molecule has 2 unspecified atom stereocenters. The number of hydrogen-bond acceptors (Lipinski definition) is 3. The van der Waals surface area contributed by atoms with Crippen LogP contribution in [0.2, 0.25) is 0 Å². The van der Waals surface area contributed by atoms with Gasteiger partial charge in [0.1, 0.15) is 11.4 Å². The van der Waals surface area contributed by atoms with Crippen molar-refractivity contribution in [3.05, 3.63) is 18.2 Å². The van der Waals surface area contributed by atoms with E-state index in [2.05, 4.69) is 23.4 Å². The van der Waals surface area contributed by atoms with E-state index in [1.807, 2.05) is 18.0 Å². The molecule has 16 heavy (non-hydrogen) atoms. The van der Waals surface area contributed by atoms with E-state index in [1.54, 1.807) is 6.20 Å². The third-order valence-corrected chi connectivity index (χ3v) is 4.72. The maximum atomic E-state index is 10.8. The fourth-order valence-electron chi connectivity index (χ4n) is 2.35. The molecule has 2 heterocycles. The highest BCUT2D eigenvalue weighted by Gasteiger charge is 2.41. The van der Waals surface area contributed by atoms with Gasteiger partial charge in [-0.05, 0) is 25.0 Å². The Labute approximate surface area is 101 Å². The molecule has 0 bridgehead atoms. The van der Waals surface area contributed by atoms with Crippen LogP contribution in [-0.4, -0.2) is 25.7 Å². The Hall–Kier alpha value is -0.480. The van der Waals surface area contributed by atoms with Gasteiger partial charge in [0, 0.05) is 24.2 Å². The van der Waals surface area contributed by atoms with Crippen LogP contribution < -0.4 is 0 Å². The summed E-state index contributed by atoms with van der Waals surface area (Å²) in [5.41, 5.74) is -0.735. The number of imidazole rings is 1. The Bertz CT molecular complexity index is 353. The van der Waals surface area contributed by atoms with Gasteiger partial charge in [0.05, 0.1) is 0 Å². The average Bonchev–Trinajstić information content (AvgIpc) is 2.72. The molecule has 2 rings (SSSR count). The molecule has 0 saturated carbocycles. The van der Waals surface area contributed by atoms with E-state index in [-0.39, 0.29) is 5.25 Å². The van der Waals surface area contributed by atoms with Gasteiger partial charge in [0.2, 0.25) is 0 Å². The number of aryl methyl sites for hydroxylation is 1. The molecular formula is C12H20N2OS. The predicted octanol–water partition coefficient (Wildman–Crippen LogP) is 2.40. The zero-order valence-electron chi connectivity index (χ0n) is 10.0. The molecule has 1 aliphatic heterocycles. The van der Waals surface area contributed by atoms with Crippen LogP contribution in [-0.2, 0) is 12.1 Å². The van der Waals surface area contributed by atoms with Gasteiger partial charge in [0.25, 0.3) is 0 Å². The van der Waals surface area contributed by atoms with Crippen LogP contribution in [0.4, 0.5) is 0 Å². The van der Waals surface area contributed by atoms with Crippen molar-refractivity contribution in [3.8, 4) is 0 Å². The lowest BCUT2D eigenvalue weighted by molar-refractivity contribution is 0.0131. The number of thioether (sulfide) groups is 1. The van der Waals surface area contributed by atoms with Gasteiger partial charge in [-0.25, -0.2) is 4.98 Å². The highest BCUT2D eigenvalue weighted by atomic mass is 32.2. The summed E-state index contributed by atoms with van der Waals surface area (Å²) in [5, 5.41) is 11.0. The van der Waals surface area contributed by atoms with Gasteiger partial charge in [0.15, 0.2) is 0 Å².